The van der Waals surface area contributed by atoms with Crippen LogP contribution in [0.1, 0.15) is 23.5 Å². The zero-order valence-electron chi connectivity index (χ0n) is 12.9. The first-order chi connectivity index (χ1) is 11.2. The fourth-order valence-corrected chi connectivity index (χ4v) is 4.09. The van der Waals surface area contributed by atoms with E-state index >= 15 is 0 Å². The Balaban J connectivity index is 1.87. The minimum Gasteiger partial charge on any atom is -0.504 e. The number of aromatic hydroxyl groups is 1. The molecule has 0 unspecified atom stereocenters. The molecule has 0 amide bonds. The molecule has 2 bridgehead atoms. The van der Waals surface area contributed by atoms with Crippen LogP contribution in [-0.2, 0) is 0 Å². The molecule has 114 valence electrons. The van der Waals surface area contributed by atoms with Crippen LogP contribution in [0.25, 0.3) is 10.8 Å². The molecule has 0 radical (unpaired) electrons. The fraction of sp³-hybridized carbons (Fsp3) is 0.200. The van der Waals surface area contributed by atoms with Crippen molar-refractivity contribution in [3.05, 3.63) is 65.7 Å². The zero-order chi connectivity index (χ0) is 15.6. The number of hydrogen-bond donors (Lipinski definition) is 1. The Morgan fingerprint density at radius 3 is 2.78 bits per heavy atom. The van der Waals surface area contributed by atoms with Crippen molar-refractivity contribution in [2.24, 2.45) is 0 Å². The van der Waals surface area contributed by atoms with Crippen LogP contribution >= 0.6 is 0 Å². The highest BCUT2D eigenvalue weighted by atomic mass is 16.5. The van der Waals surface area contributed by atoms with Crippen molar-refractivity contribution in [1.82, 2.24) is 0 Å². The molecular formula is C20H17NO2. The molecule has 3 heteroatoms. The third kappa shape index (κ3) is 1.65. The van der Waals surface area contributed by atoms with Gasteiger partial charge in [0.1, 0.15) is 0 Å². The van der Waals surface area contributed by atoms with Gasteiger partial charge in [-0.3, -0.25) is 0 Å². The lowest BCUT2D eigenvalue weighted by molar-refractivity contribution is 0.152. The maximum Gasteiger partial charge on any atom is 0.173 e. The highest BCUT2D eigenvalue weighted by Gasteiger charge is 2.40. The highest BCUT2D eigenvalue weighted by molar-refractivity contribution is 5.91. The Morgan fingerprint density at radius 2 is 1.87 bits per heavy atom. The van der Waals surface area contributed by atoms with Gasteiger partial charge >= 0.3 is 0 Å². The van der Waals surface area contributed by atoms with Crippen molar-refractivity contribution >= 4 is 16.5 Å². The van der Waals surface area contributed by atoms with Gasteiger partial charge < -0.3 is 14.7 Å². The van der Waals surface area contributed by atoms with Gasteiger partial charge in [0.25, 0.3) is 0 Å². The van der Waals surface area contributed by atoms with Crippen molar-refractivity contribution in [2.45, 2.75) is 18.6 Å². The molecule has 1 N–H and O–H groups in total. The number of nitrogens with zero attached hydrogens (tertiary/aromatic N) is 1. The molecule has 0 saturated heterocycles. The number of fused-ring (bicyclic) bond motifs is 8. The van der Waals surface area contributed by atoms with Crippen molar-refractivity contribution in [3.63, 3.8) is 0 Å². The first kappa shape index (κ1) is 12.8. The SMILES string of the molecule is CN1c2ccccc2[C@@H]2C[C@H]1Oc1c(O)cc3ccccc3c12. The first-order valence-electron chi connectivity index (χ1n) is 7.97. The number of rotatable bonds is 0. The Morgan fingerprint density at radius 1 is 1.09 bits per heavy atom. The van der Waals surface area contributed by atoms with Gasteiger partial charge in [-0.15, -0.1) is 0 Å². The smallest absolute Gasteiger partial charge is 0.173 e. The van der Waals surface area contributed by atoms with E-state index in [1.807, 2.05) is 18.2 Å². The molecule has 2 aliphatic rings. The van der Waals surface area contributed by atoms with Crippen LogP contribution in [0, 0.1) is 0 Å². The van der Waals surface area contributed by atoms with Gasteiger partial charge in [0.05, 0.1) is 0 Å². The summed E-state index contributed by atoms with van der Waals surface area (Å²) in [6, 6.07) is 18.5. The summed E-state index contributed by atoms with van der Waals surface area (Å²) in [6.45, 7) is 0. The van der Waals surface area contributed by atoms with E-state index in [-0.39, 0.29) is 17.9 Å². The summed E-state index contributed by atoms with van der Waals surface area (Å²) in [4.78, 5) is 2.17. The summed E-state index contributed by atoms with van der Waals surface area (Å²) < 4.78 is 6.19. The topological polar surface area (TPSA) is 32.7 Å². The lowest BCUT2D eigenvalue weighted by Crippen LogP contribution is -2.44. The Labute approximate surface area is 134 Å². The number of para-hydroxylation sites is 1. The second-order valence-electron chi connectivity index (χ2n) is 6.39. The van der Waals surface area contributed by atoms with Crippen LogP contribution < -0.4 is 9.64 Å². The minimum absolute atomic E-state index is 0.0329. The zero-order valence-corrected chi connectivity index (χ0v) is 12.9. The van der Waals surface area contributed by atoms with E-state index in [1.165, 1.54) is 16.6 Å². The van der Waals surface area contributed by atoms with E-state index in [0.29, 0.717) is 5.75 Å². The standard InChI is InChI=1S/C20H17NO2/c1-21-16-9-5-4-8-14(16)15-11-18(21)23-20-17(22)10-12-6-2-3-7-13(12)19(15)20/h2-10,15,18,22H,11H2,1H3/t15-,18+/m0/s1. The largest absolute Gasteiger partial charge is 0.504 e. The van der Waals surface area contributed by atoms with Gasteiger partial charge in [-0.2, -0.15) is 0 Å². The number of ether oxygens (including phenoxy) is 1. The summed E-state index contributed by atoms with van der Waals surface area (Å²) >= 11 is 0. The number of phenolic OH excluding ortho intramolecular Hbond substituents is 1. The number of hydrogen-bond acceptors (Lipinski definition) is 3. The lowest BCUT2D eigenvalue weighted by Gasteiger charge is -2.44. The normalized spacial score (nSPS) is 21.5. The van der Waals surface area contributed by atoms with Gasteiger partial charge in [0.15, 0.2) is 17.7 Å². The third-order valence-electron chi connectivity index (χ3n) is 5.18. The van der Waals surface area contributed by atoms with Crippen molar-refractivity contribution in [3.8, 4) is 11.5 Å². The average molecular weight is 303 g/mol. The molecule has 0 spiro atoms. The molecule has 0 saturated carbocycles. The van der Waals surface area contributed by atoms with Gasteiger partial charge in [-0.05, 0) is 28.5 Å². The Hall–Kier alpha value is -2.68. The summed E-state index contributed by atoms with van der Waals surface area (Å²) in [5.41, 5.74) is 3.65. The molecule has 3 nitrogen and oxygen atoms in total. The van der Waals surface area contributed by atoms with Crippen LogP contribution in [0.5, 0.6) is 11.5 Å². The lowest BCUT2D eigenvalue weighted by atomic mass is 9.79. The number of phenols is 1. The van der Waals surface area contributed by atoms with Crippen LogP contribution in [0.15, 0.2) is 54.6 Å². The summed E-state index contributed by atoms with van der Waals surface area (Å²) in [6.07, 6.45) is 0.878. The third-order valence-corrected chi connectivity index (χ3v) is 5.18. The van der Waals surface area contributed by atoms with Gasteiger partial charge in [-0.25, -0.2) is 0 Å². The van der Waals surface area contributed by atoms with E-state index in [9.17, 15) is 5.11 Å². The predicted molar refractivity (Wildman–Crippen MR) is 91.3 cm³/mol. The highest BCUT2D eigenvalue weighted by Crippen LogP contribution is 2.53. The van der Waals surface area contributed by atoms with Crippen LogP contribution in [0.3, 0.4) is 0 Å². The Bertz CT molecular complexity index is 934. The predicted octanol–water partition coefficient (Wildman–Crippen LogP) is 4.24. The van der Waals surface area contributed by atoms with Crippen LogP contribution in [0.4, 0.5) is 5.69 Å². The van der Waals surface area contributed by atoms with Crippen molar-refractivity contribution in [1.29, 1.82) is 0 Å². The quantitative estimate of drug-likeness (QED) is 0.674. The minimum atomic E-state index is -0.0329. The molecule has 2 heterocycles. The molecule has 0 fully saturated rings. The molecule has 0 aromatic heterocycles. The van der Waals surface area contributed by atoms with Gasteiger partial charge in [0, 0.05) is 30.6 Å². The molecular weight excluding hydrogens is 286 g/mol. The monoisotopic (exact) mass is 303 g/mol. The van der Waals surface area contributed by atoms with Crippen LogP contribution in [0.2, 0.25) is 0 Å². The van der Waals surface area contributed by atoms with Crippen LogP contribution in [-0.4, -0.2) is 18.4 Å². The molecule has 3 aromatic rings. The molecule has 23 heavy (non-hydrogen) atoms. The second kappa shape index (κ2) is 4.42. The first-order valence-corrected chi connectivity index (χ1v) is 7.97. The fourth-order valence-electron chi connectivity index (χ4n) is 4.09. The average Bonchev–Trinajstić information content (AvgIpc) is 2.60. The van der Waals surface area contributed by atoms with E-state index in [1.54, 1.807) is 6.07 Å². The molecule has 2 aliphatic heterocycles. The molecule has 5 rings (SSSR count). The van der Waals surface area contributed by atoms with E-state index in [2.05, 4.69) is 42.3 Å². The maximum absolute atomic E-state index is 10.5. The van der Waals surface area contributed by atoms with Gasteiger partial charge in [0.2, 0.25) is 0 Å². The van der Waals surface area contributed by atoms with E-state index in [4.69, 9.17) is 4.74 Å². The summed E-state index contributed by atoms with van der Waals surface area (Å²) in [7, 11) is 2.06. The Kier molecular flexibility index (Phi) is 2.46. The summed E-state index contributed by atoms with van der Waals surface area (Å²) in [5, 5.41) is 12.7. The maximum atomic E-state index is 10.5. The van der Waals surface area contributed by atoms with Gasteiger partial charge in [-0.1, -0.05) is 42.5 Å². The summed E-state index contributed by atoms with van der Waals surface area (Å²) in [5.74, 6) is 1.14. The molecule has 0 aliphatic carbocycles. The number of benzene rings is 3. The molecule has 2 atom stereocenters. The van der Waals surface area contributed by atoms with E-state index < -0.39 is 0 Å². The van der Waals surface area contributed by atoms with Crippen molar-refractivity contribution < 1.29 is 9.84 Å². The van der Waals surface area contributed by atoms with Crippen molar-refractivity contribution in [2.75, 3.05) is 11.9 Å². The molecule has 3 aromatic carbocycles. The second-order valence-corrected chi connectivity index (χ2v) is 6.39. The number of anilines is 1. The van der Waals surface area contributed by atoms with E-state index in [0.717, 1.165) is 17.4 Å².